The number of methoxy groups -OCH3 is 3. The lowest BCUT2D eigenvalue weighted by Crippen LogP contribution is -2.37. The summed E-state index contributed by atoms with van der Waals surface area (Å²) >= 11 is 3.73. The Hall–Kier alpha value is -2.16. The van der Waals surface area contributed by atoms with Crippen molar-refractivity contribution in [3.05, 3.63) is 39.9 Å². The molecule has 31 heavy (non-hydrogen) atoms. The van der Waals surface area contributed by atoms with Crippen LogP contribution in [0.25, 0.3) is 0 Å². The highest BCUT2D eigenvalue weighted by atomic mass is 79.9. The molecule has 3 aliphatic rings. The predicted octanol–water partition coefficient (Wildman–Crippen LogP) is 4.83. The van der Waals surface area contributed by atoms with Crippen LogP contribution >= 0.6 is 15.9 Å². The molecule has 0 spiro atoms. The molecule has 2 fully saturated rings. The van der Waals surface area contributed by atoms with Crippen molar-refractivity contribution in [3.8, 4) is 28.7 Å². The molecule has 2 saturated heterocycles. The van der Waals surface area contributed by atoms with Crippen LogP contribution in [0.15, 0.2) is 28.7 Å². The van der Waals surface area contributed by atoms with Crippen LogP contribution in [-0.4, -0.2) is 45.6 Å². The number of hydrogen-bond acceptors (Lipinski definition) is 7. The van der Waals surface area contributed by atoms with Gasteiger partial charge < -0.3 is 28.4 Å². The molecule has 2 aromatic rings. The number of benzene rings is 2. The molecule has 5 rings (SSSR count). The lowest BCUT2D eigenvalue weighted by molar-refractivity contribution is -0.00409. The summed E-state index contributed by atoms with van der Waals surface area (Å²) in [5.41, 5.74) is 2.07. The van der Waals surface area contributed by atoms with Crippen LogP contribution in [0.1, 0.15) is 42.7 Å². The normalized spacial score (nSPS) is 24.7. The fourth-order valence-corrected chi connectivity index (χ4v) is 5.40. The van der Waals surface area contributed by atoms with Crippen molar-refractivity contribution in [2.45, 2.75) is 37.6 Å². The molecule has 3 aliphatic heterocycles. The Balaban J connectivity index is 1.54. The molecule has 0 radical (unpaired) electrons. The zero-order valence-corrected chi connectivity index (χ0v) is 19.4. The zero-order chi connectivity index (χ0) is 21.5. The molecular formula is C23H26BrNO6. The van der Waals surface area contributed by atoms with Gasteiger partial charge in [-0.3, -0.25) is 4.90 Å². The number of rotatable bonds is 5. The summed E-state index contributed by atoms with van der Waals surface area (Å²) in [6.45, 7) is 1.23. The maximum atomic E-state index is 6.74. The minimum absolute atomic E-state index is 0.0896. The Labute approximate surface area is 190 Å². The van der Waals surface area contributed by atoms with Crippen molar-refractivity contribution < 1.29 is 28.4 Å². The van der Waals surface area contributed by atoms with E-state index in [1.54, 1.807) is 21.3 Å². The number of fused-ring (bicyclic) bond motifs is 2. The van der Waals surface area contributed by atoms with Gasteiger partial charge in [-0.2, -0.15) is 0 Å². The third-order valence-corrected chi connectivity index (χ3v) is 6.98. The van der Waals surface area contributed by atoms with E-state index in [0.29, 0.717) is 17.2 Å². The molecule has 0 bridgehead atoms. The molecule has 7 nitrogen and oxygen atoms in total. The standard InChI is InChI=1S/C23H26BrNO6/c1-26-19-8-13(9-20(27-2)22(19)28-3)23-25-7-5-4-6-16(25)21(31-23)14-10-17-18(11-15(14)24)30-12-29-17/h8-11,16,21,23H,4-7,12H2,1-3H3/t16-,21-,23-/m1/s1. The van der Waals surface area contributed by atoms with Crippen molar-refractivity contribution in [1.29, 1.82) is 0 Å². The predicted molar refractivity (Wildman–Crippen MR) is 117 cm³/mol. The SMILES string of the molecule is COc1cc([C@H]2O[C@H](c3cc4c(cc3Br)OCO4)[C@H]3CCCCN23)cc(OC)c1OC. The highest BCUT2D eigenvalue weighted by molar-refractivity contribution is 9.10. The molecule has 8 heteroatoms. The fourth-order valence-electron chi connectivity index (χ4n) is 4.85. The molecule has 0 aliphatic carbocycles. The minimum Gasteiger partial charge on any atom is -0.493 e. The van der Waals surface area contributed by atoms with Crippen molar-refractivity contribution in [2.75, 3.05) is 34.7 Å². The van der Waals surface area contributed by atoms with E-state index >= 15 is 0 Å². The molecule has 0 aromatic heterocycles. The highest BCUT2D eigenvalue weighted by Gasteiger charge is 2.46. The Morgan fingerprint density at radius 3 is 2.32 bits per heavy atom. The summed E-state index contributed by atoms with van der Waals surface area (Å²) in [6, 6.07) is 8.25. The van der Waals surface area contributed by atoms with Crippen LogP contribution in [0.3, 0.4) is 0 Å². The first-order valence-corrected chi connectivity index (χ1v) is 11.2. The maximum Gasteiger partial charge on any atom is 0.231 e. The third-order valence-electron chi connectivity index (χ3n) is 6.29. The molecule has 0 N–H and O–H groups in total. The van der Waals surface area contributed by atoms with Gasteiger partial charge >= 0.3 is 0 Å². The van der Waals surface area contributed by atoms with E-state index in [1.807, 2.05) is 24.3 Å². The number of piperidine rings is 1. The van der Waals surface area contributed by atoms with Crippen LogP contribution in [0.2, 0.25) is 0 Å². The summed E-state index contributed by atoms with van der Waals surface area (Å²) in [6.07, 6.45) is 3.11. The van der Waals surface area contributed by atoms with Crippen LogP contribution in [0, 0.1) is 0 Å². The second-order valence-electron chi connectivity index (χ2n) is 7.90. The lowest BCUT2D eigenvalue weighted by Gasteiger charge is -2.33. The maximum absolute atomic E-state index is 6.74. The Morgan fingerprint density at radius 1 is 0.935 bits per heavy atom. The number of nitrogens with zero attached hydrogens (tertiary/aromatic N) is 1. The van der Waals surface area contributed by atoms with Gasteiger partial charge in [0.05, 0.1) is 21.3 Å². The van der Waals surface area contributed by atoms with Crippen molar-refractivity contribution in [3.63, 3.8) is 0 Å². The van der Waals surface area contributed by atoms with Crippen molar-refractivity contribution in [1.82, 2.24) is 4.90 Å². The van der Waals surface area contributed by atoms with Gasteiger partial charge in [-0.25, -0.2) is 0 Å². The molecule has 0 saturated carbocycles. The Bertz CT molecular complexity index is 958. The summed E-state index contributed by atoms with van der Waals surface area (Å²) in [5, 5.41) is 0. The van der Waals surface area contributed by atoms with Crippen LogP contribution in [0.4, 0.5) is 0 Å². The van der Waals surface area contributed by atoms with Crippen LogP contribution in [0.5, 0.6) is 28.7 Å². The van der Waals surface area contributed by atoms with E-state index in [0.717, 1.165) is 46.5 Å². The van der Waals surface area contributed by atoms with Crippen LogP contribution in [-0.2, 0) is 4.74 Å². The summed E-state index contributed by atoms with van der Waals surface area (Å²) in [5.74, 6) is 3.36. The van der Waals surface area contributed by atoms with E-state index in [4.69, 9.17) is 28.4 Å². The number of halogens is 1. The first-order valence-electron chi connectivity index (χ1n) is 10.4. The summed E-state index contributed by atoms with van der Waals surface area (Å²) in [4.78, 5) is 2.45. The number of hydrogen-bond donors (Lipinski definition) is 0. The number of ether oxygens (including phenoxy) is 6. The van der Waals surface area contributed by atoms with Gasteiger partial charge in [0.1, 0.15) is 12.3 Å². The van der Waals surface area contributed by atoms with E-state index in [1.165, 1.54) is 6.42 Å². The lowest BCUT2D eigenvalue weighted by atomic mass is 9.93. The second kappa shape index (κ2) is 8.41. The molecule has 3 atom stereocenters. The molecular weight excluding hydrogens is 466 g/mol. The molecule has 166 valence electrons. The van der Waals surface area contributed by atoms with Crippen molar-refractivity contribution in [2.24, 2.45) is 0 Å². The minimum atomic E-state index is -0.207. The third kappa shape index (κ3) is 3.50. The Kier molecular flexibility index (Phi) is 5.62. The highest BCUT2D eigenvalue weighted by Crippen LogP contribution is 2.51. The summed E-state index contributed by atoms with van der Waals surface area (Å²) in [7, 11) is 4.87. The van der Waals surface area contributed by atoms with E-state index in [9.17, 15) is 0 Å². The van der Waals surface area contributed by atoms with E-state index in [-0.39, 0.29) is 25.2 Å². The van der Waals surface area contributed by atoms with Gasteiger partial charge in [0.25, 0.3) is 0 Å². The molecule has 3 heterocycles. The quantitative estimate of drug-likeness (QED) is 0.593. The first kappa shape index (κ1) is 20.7. The average molecular weight is 492 g/mol. The Morgan fingerprint density at radius 2 is 1.65 bits per heavy atom. The van der Waals surface area contributed by atoms with Gasteiger partial charge in [0.15, 0.2) is 23.0 Å². The van der Waals surface area contributed by atoms with Gasteiger partial charge in [0.2, 0.25) is 12.5 Å². The average Bonchev–Trinajstić information content (AvgIpc) is 3.41. The zero-order valence-electron chi connectivity index (χ0n) is 17.9. The largest absolute Gasteiger partial charge is 0.493 e. The first-order chi connectivity index (χ1) is 15.1. The smallest absolute Gasteiger partial charge is 0.231 e. The topological polar surface area (TPSA) is 58.6 Å². The van der Waals surface area contributed by atoms with Gasteiger partial charge in [-0.1, -0.05) is 22.4 Å². The van der Waals surface area contributed by atoms with E-state index < -0.39 is 0 Å². The van der Waals surface area contributed by atoms with Gasteiger partial charge in [-0.05, 0) is 37.1 Å². The molecule has 2 aromatic carbocycles. The van der Waals surface area contributed by atoms with Crippen molar-refractivity contribution >= 4 is 15.9 Å². The molecule has 0 amide bonds. The van der Waals surface area contributed by atoms with Gasteiger partial charge in [0, 0.05) is 28.2 Å². The second-order valence-corrected chi connectivity index (χ2v) is 8.75. The monoisotopic (exact) mass is 491 g/mol. The summed E-state index contributed by atoms with van der Waals surface area (Å²) < 4.78 is 35.5. The van der Waals surface area contributed by atoms with Gasteiger partial charge in [-0.15, -0.1) is 0 Å². The van der Waals surface area contributed by atoms with Crippen LogP contribution < -0.4 is 23.7 Å². The molecule has 0 unspecified atom stereocenters. The van der Waals surface area contributed by atoms with E-state index in [2.05, 4.69) is 20.8 Å². The fraction of sp³-hybridized carbons (Fsp3) is 0.478.